The summed E-state index contributed by atoms with van der Waals surface area (Å²) >= 11 is 3.46. The van der Waals surface area contributed by atoms with Gasteiger partial charge < -0.3 is 15.2 Å². The fourth-order valence-corrected chi connectivity index (χ4v) is 2.86. The van der Waals surface area contributed by atoms with Crippen LogP contribution < -0.4 is 10.5 Å². The Balaban J connectivity index is 2.00. The summed E-state index contributed by atoms with van der Waals surface area (Å²) in [5.41, 5.74) is 7.11. The number of benzene rings is 1. The molecule has 0 amide bonds. The van der Waals surface area contributed by atoms with E-state index in [1.165, 1.54) is 0 Å². The summed E-state index contributed by atoms with van der Waals surface area (Å²) in [7, 11) is 0. The Labute approximate surface area is 103 Å². The quantitative estimate of drug-likeness (QED) is 0.795. The lowest BCUT2D eigenvalue weighted by Crippen LogP contribution is -2.43. The fourth-order valence-electron chi connectivity index (χ4n) is 2.52. The Morgan fingerprint density at radius 3 is 3.06 bits per heavy atom. The van der Waals surface area contributed by atoms with Crippen LogP contribution in [0.4, 0.5) is 0 Å². The minimum atomic E-state index is -0.187. The van der Waals surface area contributed by atoms with Crippen LogP contribution in [0.25, 0.3) is 0 Å². The molecule has 0 aromatic heterocycles. The highest BCUT2D eigenvalue weighted by Crippen LogP contribution is 2.42. The van der Waals surface area contributed by atoms with Gasteiger partial charge in [0.25, 0.3) is 0 Å². The molecule has 1 aromatic rings. The smallest absolute Gasteiger partial charge is 0.136 e. The highest BCUT2D eigenvalue weighted by atomic mass is 79.9. The molecule has 3 nitrogen and oxygen atoms in total. The third-order valence-electron chi connectivity index (χ3n) is 3.36. The van der Waals surface area contributed by atoms with Crippen LogP contribution in [0.5, 0.6) is 5.75 Å². The number of ether oxygens (including phenoxy) is 2. The lowest BCUT2D eigenvalue weighted by molar-refractivity contribution is 0.0235. The Kier molecular flexibility index (Phi) is 2.46. The lowest BCUT2D eigenvalue weighted by atomic mass is 9.87. The van der Waals surface area contributed by atoms with Crippen LogP contribution in [0.2, 0.25) is 0 Å². The Morgan fingerprint density at radius 1 is 1.44 bits per heavy atom. The van der Waals surface area contributed by atoms with Crippen molar-refractivity contribution in [3.63, 3.8) is 0 Å². The predicted octanol–water partition coefficient (Wildman–Crippen LogP) is 2.39. The molecule has 2 aliphatic heterocycles. The predicted molar refractivity (Wildman–Crippen MR) is 64.5 cm³/mol. The van der Waals surface area contributed by atoms with Crippen LogP contribution in [0.1, 0.15) is 24.4 Å². The Hall–Kier alpha value is -0.580. The third kappa shape index (κ3) is 1.65. The maximum atomic E-state index is 6.20. The van der Waals surface area contributed by atoms with Gasteiger partial charge in [-0.3, -0.25) is 0 Å². The van der Waals surface area contributed by atoms with E-state index in [1.54, 1.807) is 0 Å². The van der Waals surface area contributed by atoms with Gasteiger partial charge in [0.05, 0.1) is 13.2 Å². The van der Waals surface area contributed by atoms with Crippen molar-refractivity contribution in [1.29, 1.82) is 0 Å². The molecule has 1 unspecified atom stereocenters. The van der Waals surface area contributed by atoms with Crippen molar-refractivity contribution < 1.29 is 9.47 Å². The van der Waals surface area contributed by atoms with Crippen LogP contribution in [-0.2, 0) is 4.74 Å². The van der Waals surface area contributed by atoms with E-state index in [-0.39, 0.29) is 11.6 Å². The van der Waals surface area contributed by atoms with Crippen molar-refractivity contribution >= 4 is 15.9 Å². The number of fused-ring (bicyclic) bond motifs is 1. The molecule has 0 radical (unpaired) electrons. The topological polar surface area (TPSA) is 44.5 Å². The largest absolute Gasteiger partial charge is 0.484 e. The second kappa shape index (κ2) is 3.72. The molecular weight excluding hydrogens is 270 g/mol. The highest BCUT2D eigenvalue weighted by molar-refractivity contribution is 9.10. The first kappa shape index (κ1) is 10.6. The summed E-state index contributed by atoms with van der Waals surface area (Å²) in [5.74, 6) is 0.902. The van der Waals surface area contributed by atoms with E-state index in [1.807, 2.05) is 18.2 Å². The molecule has 16 heavy (non-hydrogen) atoms. The average molecular weight is 284 g/mol. The maximum absolute atomic E-state index is 6.20. The normalized spacial score (nSPS) is 32.5. The molecule has 3 rings (SSSR count). The SMILES string of the molecule is N[C@@H]1CC2(CCOC2)Oc2cc(Br)ccc21. The highest BCUT2D eigenvalue weighted by Gasteiger charge is 2.43. The van der Waals surface area contributed by atoms with Crippen molar-refractivity contribution in [3.05, 3.63) is 28.2 Å². The van der Waals surface area contributed by atoms with E-state index in [0.717, 1.165) is 35.2 Å². The standard InChI is InChI=1S/C12H14BrNO2/c13-8-1-2-9-10(14)6-12(3-4-15-7-12)16-11(9)5-8/h1-2,5,10H,3-4,6-7,14H2/t10-,12?/m1/s1. The van der Waals surface area contributed by atoms with E-state index in [9.17, 15) is 0 Å². The molecule has 1 aromatic carbocycles. The van der Waals surface area contributed by atoms with E-state index in [2.05, 4.69) is 15.9 Å². The van der Waals surface area contributed by atoms with Gasteiger partial charge in [-0.2, -0.15) is 0 Å². The zero-order valence-electron chi connectivity index (χ0n) is 8.91. The average Bonchev–Trinajstić information content (AvgIpc) is 2.65. The van der Waals surface area contributed by atoms with Gasteiger partial charge >= 0.3 is 0 Å². The summed E-state index contributed by atoms with van der Waals surface area (Å²) in [6, 6.07) is 6.09. The lowest BCUT2D eigenvalue weighted by Gasteiger charge is -2.37. The second-order valence-corrected chi connectivity index (χ2v) is 5.50. The molecule has 86 valence electrons. The van der Waals surface area contributed by atoms with E-state index in [0.29, 0.717) is 6.61 Å². The van der Waals surface area contributed by atoms with Crippen LogP contribution >= 0.6 is 15.9 Å². The van der Waals surface area contributed by atoms with Crippen molar-refractivity contribution in [2.24, 2.45) is 5.73 Å². The number of rotatable bonds is 0. The summed E-state index contributed by atoms with van der Waals surface area (Å²) in [6.07, 6.45) is 1.79. The molecule has 2 heterocycles. The monoisotopic (exact) mass is 283 g/mol. The van der Waals surface area contributed by atoms with Gasteiger partial charge in [-0.05, 0) is 12.1 Å². The molecule has 2 atom stereocenters. The fraction of sp³-hybridized carbons (Fsp3) is 0.500. The molecule has 1 saturated heterocycles. The summed E-state index contributed by atoms with van der Waals surface area (Å²) in [6.45, 7) is 1.43. The van der Waals surface area contributed by atoms with Crippen LogP contribution in [0, 0.1) is 0 Å². The zero-order chi connectivity index (χ0) is 11.2. The van der Waals surface area contributed by atoms with Gasteiger partial charge in [0.15, 0.2) is 0 Å². The molecule has 1 spiro atoms. The van der Waals surface area contributed by atoms with Gasteiger partial charge in [0.1, 0.15) is 11.4 Å². The molecule has 2 aliphatic rings. The van der Waals surface area contributed by atoms with E-state index in [4.69, 9.17) is 15.2 Å². The molecule has 0 bridgehead atoms. The Bertz CT molecular complexity index is 415. The van der Waals surface area contributed by atoms with Gasteiger partial charge in [0, 0.05) is 28.9 Å². The van der Waals surface area contributed by atoms with Gasteiger partial charge in [-0.1, -0.05) is 22.0 Å². The number of hydrogen-bond donors (Lipinski definition) is 1. The van der Waals surface area contributed by atoms with Gasteiger partial charge in [0.2, 0.25) is 0 Å². The number of nitrogens with two attached hydrogens (primary N) is 1. The molecule has 2 N–H and O–H groups in total. The first-order chi connectivity index (χ1) is 7.69. The first-order valence-electron chi connectivity index (χ1n) is 5.50. The molecular formula is C12H14BrNO2. The molecule has 0 aliphatic carbocycles. The van der Waals surface area contributed by atoms with E-state index >= 15 is 0 Å². The molecule has 1 fully saturated rings. The van der Waals surface area contributed by atoms with Crippen molar-refractivity contribution in [3.8, 4) is 5.75 Å². The van der Waals surface area contributed by atoms with Crippen molar-refractivity contribution in [2.45, 2.75) is 24.5 Å². The second-order valence-electron chi connectivity index (χ2n) is 4.58. The summed E-state index contributed by atoms with van der Waals surface area (Å²) in [5, 5.41) is 0. The van der Waals surface area contributed by atoms with Gasteiger partial charge in [-0.15, -0.1) is 0 Å². The first-order valence-corrected chi connectivity index (χ1v) is 6.30. The van der Waals surface area contributed by atoms with Crippen molar-refractivity contribution in [2.75, 3.05) is 13.2 Å². The van der Waals surface area contributed by atoms with Gasteiger partial charge in [-0.25, -0.2) is 0 Å². The minimum absolute atomic E-state index is 0.0542. The van der Waals surface area contributed by atoms with E-state index < -0.39 is 0 Å². The maximum Gasteiger partial charge on any atom is 0.136 e. The minimum Gasteiger partial charge on any atom is -0.484 e. The Morgan fingerprint density at radius 2 is 2.31 bits per heavy atom. The number of hydrogen-bond acceptors (Lipinski definition) is 3. The zero-order valence-corrected chi connectivity index (χ0v) is 10.5. The summed E-state index contributed by atoms with van der Waals surface area (Å²) in [4.78, 5) is 0. The molecule has 0 saturated carbocycles. The van der Waals surface area contributed by atoms with Crippen molar-refractivity contribution in [1.82, 2.24) is 0 Å². The van der Waals surface area contributed by atoms with Crippen LogP contribution in [0.3, 0.4) is 0 Å². The summed E-state index contributed by atoms with van der Waals surface area (Å²) < 4.78 is 12.6. The van der Waals surface area contributed by atoms with Crippen LogP contribution in [0.15, 0.2) is 22.7 Å². The third-order valence-corrected chi connectivity index (χ3v) is 3.85. The molecule has 4 heteroatoms. The van der Waals surface area contributed by atoms with Crippen LogP contribution in [-0.4, -0.2) is 18.8 Å². The number of halogens is 1.